The van der Waals surface area contributed by atoms with Gasteiger partial charge in [0.2, 0.25) is 0 Å². The standard InChI is InChI=1S/C28H30F4N2O4S/c1-39(37,38)19-9-11-24(33-18-7-8-18)22(14-19)27(36)34-12-2-3-25(34)26(35)15-21(16-4-5-16)20-10-6-17(13-23(20)29)28(30,31)32/h6,9-11,13-14,16,18,21,25,33H,2-5,7-8,12,15H2,1H3/t21-,25-/m1/s1. The quantitative estimate of drug-likeness (QED) is 0.401. The average Bonchev–Trinajstić information content (AvgIpc) is 3.80. The zero-order valence-corrected chi connectivity index (χ0v) is 22.2. The zero-order valence-electron chi connectivity index (χ0n) is 21.4. The molecule has 210 valence electrons. The Morgan fingerprint density at radius 3 is 2.36 bits per heavy atom. The van der Waals surface area contributed by atoms with Crippen LogP contribution in [-0.4, -0.2) is 49.9 Å². The number of alkyl halides is 3. The van der Waals surface area contributed by atoms with Gasteiger partial charge in [0.25, 0.3) is 5.91 Å². The maximum Gasteiger partial charge on any atom is 0.416 e. The van der Waals surface area contributed by atoms with Crippen LogP contribution in [0, 0.1) is 11.7 Å². The molecule has 0 spiro atoms. The molecule has 39 heavy (non-hydrogen) atoms. The molecule has 1 aliphatic heterocycles. The first-order valence-corrected chi connectivity index (χ1v) is 15.0. The molecule has 2 atom stereocenters. The third kappa shape index (κ3) is 6.13. The van der Waals surface area contributed by atoms with Crippen molar-refractivity contribution in [2.75, 3.05) is 18.1 Å². The summed E-state index contributed by atoms with van der Waals surface area (Å²) in [6.45, 7) is 0.309. The SMILES string of the molecule is CS(=O)(=O)c1ccc(NC2CC2)c(C(=O)N2CCC[C@@H]2C(=O)C[C@@H](c2ccc(C(F)(F)F)cc2F)C2CC2)c1. The van der Waals surface area contributed by atoms with Gasteiger partial charge in [0.15, 0.2) is 15.6 Å². The van der Waals surface area contributed by atoms with Crippen molar-refractivity contribution in [1.82, 2.24) is 4.90 Å². The van der Waals surface area contributed by atoms with Crippen molar-refractivity contribution in [1.29, 1.82) is 0 Å². The number of carbonyl (C=O) groups is 2. The van der Waals surface area contributed by atoms with Crippen molar-refractivity contribution in [3.8, 4) is 0 Å². The normalized spacial score (nSPS) is 20.6. The summed E-state index contributed by atoms with van der Waals surface area (Å²) >= 11 is 0. The molecule has 2 aliphatic carbocycles. The number of hydrogen-bond donors (Lipinski definition) is 1. The summed E-state index contributed by atoms with van der Waals surface area (Å²) in [5.74, 6) is -2.29. The highest BCUT2D eigenvalue weighted by molar-refractivity contribution is 7.90. The molecular formula is C28H30F4N2O4S. The smallest absolute Gasteiger partial charge is 0.382 e. The Labute approximate surface area is 224 Å². The van der Waals surface area contributed by atoms with E-state index in [9.17, 15) is 35.6 Å². The number of amides is 1. The molecule has 0 aromatic heterocycles. The lowest BCUT2D eigenvalue weighted by Crippen LogP contribution is -2.41. The minimum Gasteiger partial charge on any atom is -0.382 e. The molecule has 11 heteroatoms. The van der Waals surface area contributed by atoms with Crippen LogP contribution in [0.15, 0.2) is 41.3 Å². The number of benzene rings is 2. The topological polar surface area (TPSA) is 83.6 Å². The molecule has 0 unspecified atom stereocenters. The van der Waals surface area contributed by atoms with Crippen LogP contribution in [0.2, 0.25) is 0 Å². The van der Waals surface area contributed by atoms with Crippen LogP contribution in [0.1, 0.15) is 72.3 Å². The Bertz CT molecular complexity index is 1400. The molecule has 1 saturated heterocycles. The third-order valence-corrected chi connectivity index (χ3v) is 8.92. The monoisotopic (exact) mass is 566 g/mol. The van der Waals surface area contributed by atoms with Crippen LogP contribution in [0.4, 0.5) is 23.2 Å². The Morgan fingerprint density at radius 1 is 1.05 bits per heavy atom. The van der Waals surface area contributed by atoms with Gasteiger partial charge in [-0.2, -0.15) is 13.2 Å². The van der Waals surface area contributed by atoms with E-state index >= 15 is 0 Å². The summed E-state index contributed by atoms with van der Waals surface area (Å²) in [7, 11) is -3.58. The summed E-state index contributed by atoms with van der Waals surface area (Å²) in [5, 5.41) is 3.26. The molecule has 5 rings (SSSR count). The summed E-state index contributed by atoms with van der Waals surface area (Å²) in [4.78, 5) is 28.7. The van der Waals surface area contributed by atoms with Gasteiger partial charge < -0.3 is 10.2 Å². The van der Waals surface area contributed by atoms with Crippen LogP contribution in [0.3, 0.4) is 0 Å². The number of sulfone groups is 1. The number of halogens is 4. The highest BCUT2D eigenvalue weighted by Crippen LogP contribution is 2.46. The van der Waals surface area contributed by atoms with E-state index in [-0.39, 0.29) is 40.2 Å². The van der Waals surface area contributed by atoms with E-state index in [1.807, 2.05) is 0 Å². The number of ketones is 1. The van der Waals surface area contributed by atoms with Crippen molar-refractivity contribution in [3.63, 3.8) is 0 Å². The van der Waals surface area contributed by atoms with Crippen molar-refractivity contribution in [2.24, 2.45) is 5.92 Å². The van der Waals surface area contributed by atoms with E-state index < -0.39 is 45.3 Å². The van der Waals surface area contributed by atoms with Crippen LogP contribution in [-0.2, 0) is 20.8 Å². The Kier molecular flexibility index (Phi) is 7.24. The van der Waals surface area contributed by atoms with Crippen LogP contribution in [0.5, 0.6) is 0 Å². The molecule has 2 saturated carbocycles. The number of anilines is 1. The minimum atomic E-state index is -4.67. The Morgan fingerprint density at radius 2 is 1.77 bits per heavy atom. The molecule has 1 heterocycles. The molecule has 1 N–H and O–H groups in total. The Hall–Kier alpha value is -2.95. The van der Waals surface area contributed by atoms with Gasteiger partial charge in [-0.15, -0.1) is 0 Å². The molecule has 0 bridgehead atoms. The fourth-order valence-electron chi connectivity index (χ4n) is 5.39. The van der Waals surface area contributed by atoms with Crippen LogP contribution < -0.4 is 5.32 Å². The second-order valence-electron chi connectivity index (χ2n) is 10.9. The maximum atomic E-state index is 14.8. The van der Waals surface area contributed by atoms with E-state index in [2.05, 4.69) is 5.32 Å². The summed E-state index contributed by atoms with van der Waals surface area (Å²) in [5.41, 5.74) is -0.302. The summed E-state index contributed by atoms with van der Waals surface area (Å²) in [6, 6.07) is 6.23. The van der Waals surface area contributed by atoms with E-state index in [0.717, 1.165) is 44.1 Å². The highest BCUT2D eigenvalue weighted by atomic mass is 32.2. The molecular weight excluding hydrogens is 536 g/mol. The van der Waals surface area contributed by atoms with Gasteiger partial charge in [-0.1, -0.05) is 6.07 Å². The molecule has 1 amide bonds. The van der Waals surface area contributed by atoms with Gasteiger partial charge in [0.1, 0.15) is 5.82 Å². The number of hydrogen-bond acceptors (Lipinski definition) is 5. The van der Waals surface area contributed by atoms with Gasteiger partial charge in [-0.25, -0.2) is 12.8 Å². The van der Waals surface area contributed by atoms with Crippen LogP contribution >= 0.6 is 0 Å². The molecule has 2 aromatic rings. The molecule has 6 nitrogen and oxygen atoms in total. The van der Waals surface area contributed by atoms with E-state index in [1.54, 1.807) is 6.07 Å². The summed E-state index contributed by atoms with van der Waals surface area (Å²) < 4.78 is 78.3. The number of Topliss-reactive ketones (excluding diaryl/α,β-unsaturated/α-hetero) is 1. The lowest BCUT2D eigenvalue weighted by molar-refractivity contribution is -0.137. The number of nitrogens with one attached hydrogen (secondary N) is 1. The zero-order chi connectivity index (χ0) is 28.1. The number of likely N-dealkylation sites (tertiary alicyclic amines) is 1. The fraction of sp³-hybridized carbons (Fsp3) is 0.500. The fourth-order valence-corrected chi connectivity index (χ4v) is 6.04. The van der Waals surface area contributed by atoms with Crippen molar-refractivity contribution in [2.45, 2.75) is 74.0 Å². The largest absolute Gasteiger partial charge is 0.416 e. The predicted octanol–water partition coefficient (Wildman–Crippen LogP) is 5.58. The van der Waals surface area contributed by atoms with E-state index in [0.29, 0.717) is 31.1 Å². The third-order valence-electron chi connectivity index (χ3n) is 7.81. The summed E-state index contributed by atoms with van der Waals surface area (Å²) in [6.07, 6.45) is 0.668. The highest BCUT2D eigenvalue weighted by Gasteiger charge is 2.41. The molecule has 2 aromatic carbocycles. The predicted molar refractivity (Wildman–Crippen MR) is 137 cm³/mol. The molecule has 3 aliphatic rings. The number of nitrogens with zero attached hydrogens (tertiary/aromatic N) is 1. The molecule has 3 fully saturated rings. The second-order valence-corrected chi connectivity index (χ2v) is 12.9. The first-order valence-electron chi connectivity index (χ1n) is 13.1. The minimum absolute atomic E-state index is 0.000784. The lowest BCUT2D eigenvalue weighted by Gasteiger charge is -2.27. The Balaban J connectivity index is 1.39. The maximum absolute atomic E-state index is 14.8. The van der Waals surface area contributed by atoms with Gasteiger partial charge in [0.05, 0.1) is 22.1 Å². The lowest BCUT2D eigenvalue weighted by atomic mass is 9.86. The van der Waals surface area contributed by atoms with E-state index in [4.69, 9.17) is 0 Å². The first-order chi connectivity index (χ1) is 18.3. The molecule has 0 radical (unpaired) electrons. The number of rotatable bonds is 9. The van der Waals surface area contributed by atoms with Gasteiger partial charge in [-0.3, -0.25) is 9.59 Å². The average molecular weight is 567 g/mol. The number of carbonyl (C=O) groups excluding carboxylic acids is 2. The van der Waals surface area contributed by atoms with E-state index in [1.165, 1.54) is 17.0 Å². The van der Waals surface area contributed by atoms with Gasteiger partial charge in [-0.05, 0) is 86.3 Å². The van der Waals surface area contributed by atoms with Gasteiger partial charge in [0, 0.05) is 31.0 Å². The van der Waals surface area contributed by atoms with Gasteiger partial charge >= 0.3 is 6.18 Å². The van der Waals surface area contributed by atoms with Crippen molar-refractivity contribution < 1.29 is 35.6 Å². The van der Waals surface area contributed by atoms with Crippen molar-refractivity contribution >= 4 is 27.2 Å². The first kappa shape index (κ1) is 27.6. The van der Waals surface area contributed by atoms with Crippen molar-refractivity contribution in [3.05, 3.63) is 58.9 Å². The van der Waals surface area contributed by atoms with Crippen LogP contribution in [0.25, 0.3) is 0 Å². The second kappa shape index (κ2) is 10.2.